The summed E-state index contributed by atoms with van der Waals surface area (Å²) in [6, 6.07) is 0. The van der Waals surface area contributed by atoms with Crippen molar-refractivity contribution in [3.05, 3.63) is 18.6 Å². The van der Waals surface area contributed by atoms with Crippen LogP contribution in [0.5, 0.6) is 0 Å². The Bertz CT molecular complexity index is 114. The Labute approximate surface area is 74.5 Å². The maximum Gasteiger partial charge on any atom is 0.0110 e. The number of unbranched alkanes of at least 4 members (excludes halogenated alkanes) is 1. The van der Waals surface area contributed by atoms with E-state index in [1.807, 2.05) is 11.8 Å². The third-order valence-electron chi connectivity index (χ3n) is 1.94. The lowest BCUT2D eigenvalue weighted by molar-refractivity contribution is 0.690. The first-order valence-corrected chi connectivity index (χ1v) is 5.80. The van der Waals surface area contributed by atoms with Crippen LogP contribution in [0.15, 0.2) is 12.2 Å². The topological polar surface area (TPSA) is 0 Å². The molecule has 1 saturated carbocycles. The highest BCUT2D eigenvalue weighted by molar-refractivity contribution is 7.98. The molecule has 1 atom stereocenters. The maximum atomic E-state index is 2.41. The van der Waals surface area contributed by atoms with Crippen LogP contribution in [0.3, 0.4) is 0 Å². The molecule has 0 aliphatic heterocycles. The summed E-state index contributed by atoms with van der Waals surface area (Å²) in [5, 5.41) is 0. The SMILES string of the molecule is CSCC=CCCCC1[CH]C1. The van der Waals surface area contributed by atoms with Crippen LogP contribution in [-0.2, 0) is 0 Å². The van der Waals surface area contributed by atoms with Crippen LogP contribution in [0, 0.1) is 12.3 Å². The highest BCUT2D eigenvalue weighted by Gasteiger charge is 2.20. The van der Waals surface area contributed by atoms with E-state index in [1.54, 1.807) is 0 Å². The lowest BCUT2D eigenvalue weighted by Gasteiger charge is -1.92. The predicted octanol–water partition coefficient (Wildman–Crippen LogP) is 3.30. The van der Waals surface area contributed by atoms with Gasteiger partial charge in [-0.15, -0.1) is 0 Å². The molecule has 1 unspecified atom stereocenters. The highest BCUT2D eigenvalue weighted by Crippen LogP contribution is 2.32. The molecule has 1 heteroatoms. The van der Waals surface area contributed by atoms with Crippen LogP contribution >= 0.6 is 11.8 Å². The minimum atomic E-state index is 0.990. The molecule has 0 aromatic rings. The second-order valence-electron chi connectivity index (χ2n) is 3.09. The molecule has 1 radical (unpaired) electrons. The van der Waals surface area contributed by atoms with E-state index in [0.717, 1.165) is 5.92 Å². The number of rotatable bonds is 6. The molecule has 1 rings (SSSR count). The Morgan fingerprint density at radius 2 is 2.36 bits per heavy atom. The first-order valence-electron chi connectivity index (χ1n) is 4.40. The van der Waals surface area contributed by atoms with E-state index < -0.39 is 0 Å². The van der Waals surface area contributed by atoms with Crippen molar-refractivity contribution in [2.75, 3.05) is 12.0 Å². The fourth-order valence-electron chi connectivity index (χ4n) is 1.11. The Morgan fingerprint density at radius 3 is 3.00 bits per heavy atom. The predicted molar refractivity (Wildman–Crippen MR) is 53.8 cm³/mol. The summed E-state index contributed by atoms with van der Waals surface area (Å²) in [4.78, 5) is 0. The van der Waals surface area contributed by atoms with Crippen molar-refractivity contribution in [3.63, 3.8) is 0 Å². The summed E-state index contributed by atoms with van der Waals surface area (Å²) in [5.74, 6) is 2.17. The molecule has 0 bridgehead atoms. The van der Waals surface area contributed by atoms with Gasteiger partial charge in [0.05, 0.1) is 0 Å². The van der Waals surface area contributed by atoms with Gasteiger partial charge in [0, 0.05) is 5.75 Å². The molecule has 1 fully saturated rings. The summed E-state index contributed by atoms with van der Waals surface area (Å²) >= 11 is 1.89. The van der Waals surface area contributed by atoms with Crippen molar-refractivity contribution in [2.24, 2.45) is 5.92 Å². The van der Waals surface area contributed by atoms with Gasteiger partial charge < -0.3 is 0 Å². The fourth-order valence-corrected chi connectivity index (χ4v) is 1.44. The Morgan fingerprint density at radius 1 is 1.55 bits per heavy atom. The maximum absolute atomic E-state index is 2.41. The van der Waals surface area contributed by atoms with E-state index in [2.05, 4.69) is 24.8 Å². The molecule has 0 spiro atoms. The Balaban J connectivity index is 1.78. The van der Waals surface area contributed by atoms with Crippen LogP contribution < -0.4 is 0 Å². The van der Waals surface area contributed by atoms with Crippen LogP contribution in [0.25, 0.3) is 0 Å². The van der Waals surface area contributed by atoms with Gasteiger partial charge in [-0.2, -0.15) is 11.8 Å². The van der Waals surface area contributed by atoms with Gasteiger partial charge in [0.15, 0.2) is 0 Å². The minimum absolute atomic E-state index is 0.990. The van der Waals surface area contributed by atoms with Crippen molar-refractivity contribution in [2.45, 2.75) is 25.7 Å². The van der Waals surface area contributed by atoms with E-state index in [9.17, 15) is 0 Å². The van der Waals surface area contributed by atoms with Crippen LogP contribution in [0.4, 0.5) is 0 Å². The molecule has 0 heterocycles. The van der Waals surface area contributed by atoms with Gasteiger partial charge in [-0.1, -0.05) is 12.2 Å². The van der Waals surface area contributed by atoms with Gasteiger partial charge in [0.2, 0.25) is 0 Å². The summed E-state index contributed by atoms with van der Waals surface area (Å²) in [5.41, 5.74) is 0. The number of hydrogen-bond donors (Lipinski definition) is 0. The zero-order valence-electron chi connectivity index (χ0n) is 7.25. The molecular formula is C10H17S. The summed E-state index contributed by atoms with van der Waals surface area (Å²) in [7, 11) is 0. The van der Waals surface area contributed by atoms with E-state index >= 15 is 0 Å². The fraction of sp³-hybridized carbons (Fsp3) is 0.700. The quantitative estimate of drug-likeness (QED) is 0.434. The first kappa shape index (κ1) is 9.18. The van der Waals surface area contributed by atoms with Crippen molar-refractivity contribution >= 4 is 11.8 Å². The average Bonchev–Trinajstić information content (AvgIpc) is 2.80. The van der Waals surface area contributed by atoms with E-state index in [-0.39, 0.29) is 0 Å². The first-order chi connectivity index (χ1) is 5.43. The monoisotopic (exact) mass is 169 g/mol. The summed E-state index contributed by atoms with van der Waals surface area (Å²) < 4.78 is 0. The van der Waals surface area contributed by atoms with E-state index in [1.165, 1.54) is 31.4 Å². The second kappa shape index (κ2) is 5.70. The van der Waals surface area contributed by atoms with Crippen molar-refractivity contribution in [1.82, 2.24) is 0 Å². The van der Waals surface area contributed by atoms with Crippen LogP contribution in [0.2, 0.25) is 0 Å². The van der Waals surface area contributed by atoms with E-state index in [0.29, 0.717) is 0 Å². The minimum Gasteiger partial charge on any atom is -0.161 e. The van der Waals surface area contributed by atoms with E-state index in [4.69, 9.17) is 0 Å². The van der Waals surface area contributed by atoms with Gasteiger partial charge in [-0.05, 0) is 44.3 Å². The zero-order valence-corrected chi connectivity index (χ0v) is 8.07. The molecule has 1 aliphatic rings. The highest BCUT2D eigenvalue weighted by atomic mass is 32.2. The second-order valence-corrected chi connectivity index (χ2v) is 4.00. The standard InChI is InChI=1S/C10H17S/c1-11-9-5-3-2-4-6-10-7-8-10/h3,5,7,10H,2,4,6,8-9H2,1H3. The molecule has 63 valence electrons. The zero-order chi connectivity index (χ0) is 7.94. The lowest BCUT2D eigenvalue weighted by atomic mass is 10.2. The molecule has 0 amide bonds. The normalized spacial score (nSPS) is 17.9. The molecule has 0 nitrogen and oxygen atoms in total. The molecule has 0 N–H and O–H groups in total. The van der Waals surface area contributed by atoms with Crippen LogP contribution in [0.1, 0.15) is 25.7 Å². The van der Waals surface area contributed by atoms with Crippen LogP contribution in [-0.4, -0.2) is 12.0 Å². The third kappa shape index (κ3) is 5.37. The number of hydrogen-bond acceptors (Lipinski definition) is 1. The molecule has 11 heavy (non-hydrogen) atoms. The van der Waals surface area contributed by atoms with Crippen molar-refractivity contribution in [1.29, 1.82) is 0 Å². The Hall–Kier alpha value is 0.0900. The van der Waals surface area contributed by atoms with Gasteiger partial charge in [0.1, 0.15) is 0 Å². The third-order valence-corrected chi connectivity index (χ3v) is 2.47. The Kier molecular flexibility index (Phi) is 4.76. The number of thioether (sulfide) groups is 1. The lowest BCUT2D eigenvalue weighted by Crippen LogP contribution is -1.76. The van der Waals surface area contributed by atoms with Gasteiger partial charge in [0.25, 0.3) is 0 Å². The average molecular weight is 169 g/mol. The summed E-state index contributed by atoms with van der Waals surface area (Å²) in [6.07, 6.45) is 14.6. The molecule has 0 aromatic carbocycles. The molecule has 1 aliphatic carbocycles. The molecular weight excluding hydrogens is 152 g/mol. The van der Waals surface area contributed by atoms with Gasteiger partial charge in [-0.3, -0.25) is 0 Å². The summed E-state index contributed by atoms with van der Waals surface area (Å²) in [6.45, 7) is 0. The number of allylic oxidation sites excluding steroid dienone is 1. The van der Waals surface area contributed by atoms with Crippen molar-refractivity contribution < 1.29 is 0 Å². The molecule has 0 aromatic heterocycles. The van der Waals surface area contributed by atoms with Gasteiger partial charge in [-0.25, -0.2) is 0 Å². The largest absolute Gasteiger partial charge is 0.161 e. The van der Waals surface area contributed by atoms with Gasteiger partial charge >= 0.3 is 0 Å². The van der Waals surface area contributed by atoms with Crippen molar-refractivity contribution in [3.8, 4) is 0 Å². The molecule has 0 saturated heterocycles. The smallest absolute Gasteiger partial charge is 0.0110 e.